The van der Waals surface area contributed by atoms with Gasteiger partial charge in [0.15, 0.2) is 18.2 Å². The van der Waals surface area contributed by atoms with Gasteiger partial charge in [-0.15, -0.1) is 0 Å². The van der Waals surface area contributed by atoms with Crippen LogP contribution in [0.15, 0.2) is 42.5 Å². The molecule has 0 spiro atoms. The first-order valence-corrected chi connectivity index (χ1v) is 13.3. The molecule has 0 atom stereocenters. The largest absolute Gasteiger partial charge is 0.507 e. The van der Waals surface area contributed by atoms with Gasteiger partial charge in [-0.2, -0.15) is 0 Å². The third-order valence-electron chi connectivity index (χ3n) is 6.17. The zero-order valence-electron chi connectivity index (χ0n) is 23.2. The Morgan fingerprint density at radius 3 is 2.08 bits per heavy atom. The Morgan fingerprint density at radius 1 is 0.800 bits per heavy atom. The quantitative estimate of drug-likeness (QED) is 0.162. The van der Waals surface area contributed by atoms with Crippen LogP contribution in [0, 0.1) is 0 Å². The number of ether oxygens (including phenoxy) is 4. The van der Waals surface area contributed by atoms with Gasteiger partial charge in [0.25, 0.3) is 0 Å². The van der Waals surface area contributed by atoms with Crippen molar-refractivity contribution in [3.8, 4) is 23.0 Å². The van der Waals surface area contributed by atoms with Crippen LogP contribution in [0.25, 0.3) is 10.8 Å². The fraction of sp³-hybridized carbons (Fsp3) is 0.387. The molecule has 3 rings (SSSR count). The van der Waals surface area contributed by atoms with Gasteiger partial charge in [-0.1, -0.05) is 25.5 Å². The molecule has 0 unspecified atom stereocenters. The van der Waals surface area contributed by atoms with Gasteiger partial charge in [0.2, 0.25) is 0 Å². The van der Waals surface area contributed by atoms with Gasteiger partial charge >= 0.3 is 5.97 Å². The van der Waals surface area contributed by atoms with Crippen molar-refractivity contribution < 1.29 is 43.5 Å². The SMILES string of the molecule is CCCc1c(OCCCOCCCOc2ccc3ccc(OCC(=O)O)cc3c2C(C)=O)ccc(C(C)=O)c1O. The average molecular weight is 553 g/mol. The standard InChI is InChI=1S/C31H36O9/c1-4-7-25-27(13-11-24(20(2)32)31(25)36)38-16-5-14-37-15-6-17-39-28-12-9-22-8-10-23(40-19-29(34)35)18-26(22)30(28)21(3)33/h8-13,18,36H,4-7,14-17,19H2,1-3H3,(H,34,35). The predicted molar refractivity (Wildman–Crippen MR) is 150 cm³/mol. The van der Waals surface area contributed by atoms with Gasteiger partial charge in [-0.3, -0.25) is 9.59 Å². The van der Waals surface area contributed by atoms with E-state index in [0.717, 1.165) is 11.8 Å². The molecule has 0 fully saturated rings. The van der Waals surface area contributed by atoms with Crippen LogP contribution >= 0.6 is 0 Å². The number of ketones is 2. The first kappa shape index (κ1) is 30.4. The second kappa shape index (κ2) is 14.9. The third kappa shape index (κ3) is 8.19. The topological polar surface area (TPSA) is 129 Å². The van der Waals surface area contributed by atoms with Crippen molar-refractivity contribution in [2.75, 3.05) is 33.0 Å². The van der Waals surface area contributed by atoms with Gasteiger partial charge < -0.3 is 29.2 Å². The minimum atomic E-state index is -1.08. The molecule has 9 heteroatoms. The number of Topliss-reactive ketones (excluding diaryl/α,β-unsaturated/α-hetero) is 2. The first-order valence-electron chi connectivity index (χ1n) is 13.3. The molecule has 0 amide bonds. The van der Waals surface area contributed by atoms with E-state index in [4.69, 9.17) is 24.1 Å². The molecular weight excluding hydrogens is 516 g/mol. The van der Waals surface area contributed by atoms with Crippen molar-refractivity contribution in [3.05, 3.63) is 59.2 Å². The van der Waals surface area contributed by atoms with E-state index in [-0.39, 0.29) is 17.3 Å². The van der Waals surface area contributed by atoms with E-state index in [1.807, 2.05) is 13.0 Å². The zero-order chi connectivity index (χ0) is 29.1. The fourth-order valence-corrected chi connectivity index (χ4v) is 4.31. The van der Waals surface area contributed by atoms with Crippen molar-refractivity contribution in [2.24, 2.45) is 0 Å². The smallest absolute Gasteiger partial charge is 0.341 e. The molecule has 2 N–H and O–H groups in total. The second-order valence-electron chi connectivity index (χ2n) is 9.32. The lowest BCUT2D eigenvalue weighted by Crippen LogP contribution is -2.10. The summed E-state index contributed by atoms with van der Waals surface area (Å²) in [6, 6.07) is 12.0. The maximum absolute atomic E-state index is 12.4. The number of carboxylic acids is 1. The summed E-state index contributed by atoms with van der Waals surface area (Å²) in [5.41, 5.74) is 1.37. The van der Waals surface area contributed by atoms with Crippen molar-refractivity contribution in [2.45, 2.75) is 46.5 Å². The monoisotopic (exact) mass is 552 g/mol. The number of rotatable bonds is 17. The summed E-state index contributed by atoms with van der Waals surface area (Å²) in [7, 11) is 0. The molecule has 0 heterocycles. The Bertz CT molecular complexity index is 1350. The third-order valence-corrected chi connectivity index (χ3v) is 6.17. The maximum Gasteiger partial charge on any atom is 0.341 e. The van der Waals surface area contributed by atoms with Gasteiger partial charge in [0, 0.05) is 31.6 Å². The molecule has 0 bridgehead atoms. The molecule has 0 aliphatic heterocycles. The highest BCUT2D eigenvalue weighted by Crippen LogP contribution is 2.33. The minimum Gasteiger partial charge on any atom is -0.507 e. The highest BCUT2D eigenvalue weighted by Gasteiger charge is 2.16. The fourth-order valence-electron chi connectivity index (χ4n) is 4.31. The van der Waals surface area contributed by atoms with Crippen LogP contribution < -0.4 is 14.2 Å². The highest BCUT2D eigenvalue weighted by atomic mass is 16.5. The summed E-state index contributed by atoms with van der Waals surface area (Å²) in [5.74, 6) is -0.0544. The number of fused-ring (bicyclic) bond motifs is 1. The van der Waals surface area contributed by atoms with Crippen LogP contribution in [0.5, 0.6) is 23.0 Å². The summed E-state index contributed by atoms with van der Waals surface area (Å²) < 4.78 is 22.7. The summed E-state index contributed by atoms with van der Waals surface area (Å²) in [4.78, 5) is 35.0. The van der Waals surface area contributed by atoms with Gasteiger partial charge in [0.05, 0.1) is 24.3 Å². The maximum atomic E-state index is 12.4. The average Bonchev–Trinajstić information content (AvgIpc) is 2.91. The Labute approximate surface area is 233 Å². The van der Waals surface area contributed by atoms with Crippen molar-refractivity contribution in [1.29, 1.82) is 0 Å². The van der Waals surface area contributed by atoms with Crippen molar-refractivity contribution in [1.82, 2.24) is 0 Å². The lowest BCUT2D eigenvalue weighted by molar-refractivity contribution is -0.139. The number of hydrogen-bond acceptors (Lipinski definition) is 8. The van der Waals surface area contributed by atoms with E-state index < -0.39 is 12.6 Å². The van der Waals surface area contributed by atoms with Gasteiger partial charge in [-0.05, 0) is 61.4 Å². The Balaban J connectivity index is 1.45. The van der Waals surface area contributed by atoms with Crippen LogP contribution in [0.4, 0.5) is 0 Å². The van der Waals surface area contributed by atoms with E-state index in [9.17, 15) is 19.5 Å². The van der Waals surface area contributed by atoms with Crippen molar-refractivity contribution >= 4 is 28.3 Å². The second-order valence-corrected chi connectivity index (χ2v) is 9.32. The van der Waals surface area contributed by atoms with Crippen molar-refractivity contribution in [3.63, 3.8) is 0 Å². The summed E-state index contributed by atoms with van der Waals surface area (Å²) in [5, 5.41) is 20.7. The molecule has 0 aliphatic carbocycles. The van der Waals surface area contributed by atoms with E-state index in [1.165, 1.54) is 13.8 Å². The Hall–Kier alpha value is -4.11. The molecule has 0 aromatic heterocycles. The zero-order valence-corrected chi connectivity index (χ0v) is 23.2. The van der Waals surface area contributed by atoms with Gasteiger partial charge in [-0.25, -0.2) is 4.79 Å². The molecule has 214 valence electrons. The number of carboxylic acid groups (broad SMARTS) is 1. The molecule has 40 heavy (non-hydrogen) atoms. The van der Waals surface area contributed by atoms with Crippen LogP contribution in [-0.4, -0.2) is 60.8 Å². The van der Waals surface area contributed by atoms with Crippen LogP contribution in [0.3, 0.4) is 0 Å². The normalized spacial score (nSPS) is 10.9. The molecule has 9 nitrogen and oxygen atoms in total. The number of carbonyl (C=O) groups excluding carboxylic acids is 2. The van der Waals surface area contributed by atoms with Crippen LogP contribution in [0.1, 0.15) is 66.3 Å². The number of carbonyl (C=O) groups is 3. The first-order chi connectivity index (χ1) is 19.2. The number of aliphatic carboxylic acids is 1. The molecule has 3 aromatic carbocycles. The van der Waals surface area contributed by atoms with E-state index in [2.05, 4.69) is 0 Å². The summed E-state index contributed by atoms with van der Waals surface area (Å²) in [6.07, 6.45) is 2.68. The number of phenols is 1. The van der Waals surface area contributed by atoms with Crippen LogP contribution in [0.2, 0.25) is 0 Å². The molecule has 3 aromatic rings. The lowest BCUT2D eigenvalue weighted by Gasteiger charge is -2.15. The van der Waals surface area contributed by atoms with E-state index >= 15 is 0 Å². The molecule has 0 radical (unpaired) electrons. The summed E-state index contributed by atoms with van der Waals surface area (Å²) in [6.45, 7) is 6.11. The Morgan fingerprint density at radius 2 is 1.45 bits per heavy atom. The van der Waals surface area contributed by atoms with Crippen LogP contribution in [-0.2, 0) is 16.0 Å². The van der Waals surface area contributed by atoms with Gasteiger partial charge in [0.1, 0.15) is 23.0 Å². The number of aromatic hydroxyl groups is 1. The predicted octanol–water partition coefficient (Wildman–Crippen LogP) is 5.62. The lowest BCUT2D eigenvalue weighted by atomic mass is 10.0. The highest BCUT2D eigenvalue weighted by molar-refractivity contribution is 6.09. The van der Waals surface area contributed by atoms with E-state index in [1.54, 1.807) is 36.4 Å². The van der Waals surface area contributed by atoms with E-state index in [0.29, 0.717) is 85.0 Å². The molecule has 0 saturated carbocycles. The molecular formula is C31H36O9. The minimum absolute atomic E-state index is 0.00518. The number of benzene rings is 3. The molecule has 0 saturated heterocycles. The Kier molecular flexibility index (Phi) is 11.3. The molecule has 0 aliphatic rings. The summed E-state index contributed by atoms with van der Waals surface area (Å²) >= 11 is 0. The number of phenolic OH excluding ortho intramolecular Hbond substituents is 1. The number of hydrogen-bond donors (Lipinski definition) is 2.